The fraction of sp³-hybridized carbons (Fsp3) is 0.286. The van der Waals surface area contributed by atoms with E-state index in [-0.39, 0.29) is 11.6 Å². The first-order valence-electron chi connectivity index (χ1n) is 12.2. The molecular formula is C28H30N6OS. The molecule has 0 saturated heterocycles. The summed E-state index contributed by atoms with van der Waals surface area (Å²) in [5.41, 5.74) is 3.69. The first-order chi connectivity index (χ1) is 17.5. The molecule has 3 heterocycles. The van der Waals surface area contributed by atoms with Gasteiger partial charge in [0.2, 0.25) is 0 Å². The first kappa shape index (κ1) is 24.1. The summed E-state index contributed by atoms with van der Waals surface area (Å²) in [6.07, 6.45) is 0.844. The average molecular weight is 499 g/mol. The van der Waals surface area contributed by atoms with Crippen LogP contribution < -0.4 is 5.56 Å². The van der Waals surface area contributed by atoms with Crippen LogP contribution in [0.2, 0.25) is 0 Å². The number of nitrogens with one attached hydrogen (secondary N) is 1. The number of rotatable bonds is 9. The minimum atomic E-state index is -0.415. The third-order valence-corrected chi connectivity index (χ3v) is 7.36. The molecule has 0 fully saturated rings. The number of tetrazole rings is 1. The molecule has 8 heteroatoms. The highest BCUT2D eigenvalue weighted by Gasteiger charge is 2.31. The van der Waals surface area contributed by atoms with Gasteiger partial charge in [0, 0.05) is 23.5 Å². The van der Waals surface area contributed by atoms with Gasteiger partial charge in [-0.3, -0.25) is 9.69 Å². The van der Waals surface area contributed by atoms with E-state index in [1.807, 2.05) is 41.9 Å². The lowest BCUT2D eigenvalue weighted by atomic mass is 10.0. The minimum Gasteiger partial charge on any atom is -0.321 e. The van der Waals surface area contributed by atoms with Crippen molar-refractivity contribution in [3.8, 4) is 0 Å². The second kappa shape index (κ2) is 10.6. The summed E-state index contributed by atoms with van der Waals surface area (Å²) in [5.74, 6) is 0.673. The van der Waals surface area contributed by atoms with Crippen molar-refractivity contribution in [1.82, 2.24) is 30.1 Å². The van der Waals surface area contributed by atoms with E-state index in [1.54, 1.807) is 11.3 Å². The molecule has 5 rings (SSSR count). The summed E-state index contributed by atoms with van der Waals surface area (Å²) >= 11 is 1.72. The molecule has 1 N–H and O–H groups in total. The first-order valence-corrected chi connectivity index (χ1v) is 13.1. The van der Waals surface area contributed by atoms with E-state index in [9.17, 15) is 4.79 Å². The third-order valence-electron chi connectivity index (χ3n) is 6.50. The Bertz CT molecular complexity index is 1490. The Morgan fingerprint density at radius 2 is 1.89 bits per heavy atom. The Kier molecular flexibility index (Phi) is 7.06. The van der Waals surface area contributed by atoms with E-state index in [0.717, 1.165) is 29.4 Å². The van der Waals surface area contributed by atoms with Gasteiger partial charge in [0.15, 0.2) is 5.82 Å². The van der Waals surface area contributed by atoms with E-state index in [0.29, 0.717) is 17.9 Å². The highest BCUT2D eigenvalue weighted by Crippen LogP contribution is 2.31. The van der Waals surface area contributed by atoms with Crippen LogP contribution >= 0.6 is 11.3 Å². The molecule has 0 aliphatic heterocycles. The predicted octanol–water partition coefficient (Wildman–Crippen LogP) is 5.30. The van der Waals surface area contributed by atoms with Crippen molar-refractivity contribution in [2.24, 2.45) is 0 Å². The largest absolute Gasteiger partial charge is 0.321 e. The Morgan fingerprint density at radius 1 is 1.06 bits per heavy atom. The summed E-state index contributed by atoms with van der Waals surface area (Å²) in [5, 5.41) is 15.9. The van der Waals surface area contributed by atoms with Crippen LogP contribution in [0.4, 0.5) is 0 Å². The van der Waals surface area contributed by atoms with Crippen LogP contribution in [0.15, 0.2) is 76.9 Å². The van der Waals surface area contributed by atoms with Gasteiger partial charge in [-0.05, 0) is 71.6 Å². The summed E-state index contributed by atoms with van der Waals surface area (Å²) < 4.78 is 1.83. The Labute approximate surface area is 214 Å². The molecule has 2 aromatic carbocycles. The van der Waals surface area contributed by atoms with Crippen molar-refractivity contribution in [1.29, 1.82) is 0 Å². The highest BCUT2D eigenvalue weighted by atomic mass is 32.1. The molecule has 184 valence electrons. The Hall–Kier alpha value is -3.62. The molecule has 5 aromatic rings. The van der Waals surface area contributed by atoms with Crippen LogP contribution in [0.5, 0.6) is 0 Å². The second-order valence-corrected chi connectivity index (χ2v) is 10.4. The van der Waals surface area contributed by atoms with Crippen LogP contribution in [-0.4, -0.2) is 36.6 Å². The molecule has 0 saturated carbocycles. The molecule has 0 unspecified atom stereocenters. The van der Waals surface area contributed by atoms with Gasteiger partial charge in [-0.2, -0.15) is 0 Å². The maximum atomic E-state index is 13.6. The Morgan fingerprint density at radius 3 is 2.64 bits per heavy atom. The lowest BCUT2D eigenvalue weighted by molar-refractivity contribution is 0.205. The standard InChI is InChI=1S/C28H30N6OS/c1-19(2)34-27(30-31-32-34)26(24-17-22-12-7-9-20(3)25(22)29-28(24)35)33(18-23-13-8-16-36-23)15-14-21-10-5-4-6-11-21/h4-13,16-17,19,26H,14-15,18H2,1-3H3,(H,29,35)/t26-/m1/s1. The summed E-state index contributed by atoms with van der Waals surface area (Å²) in [4.78, 5) is 20.3. The lowest BCUT2D eigenvalue weighted by Crippen LogP contribution is -2.36. The maximum absolute atomic E-state index is 13.6. The molecule has 0 bridgehead atoms. The number of H-pyrrole nitrogens is 1. The highest BCUT2D eigenvalue weighted by molar-refractivity contribution is 7.09. The zero-order chi connectivity index (χ0) is 25.1. The van der Waals surface area contributed by atoms with Gasteiger partial charge in [-0.25, -0.2) is 4.68 Å². The number of aromatic nitrogens is 5. The van der Waals surface area contributed by atoms with Gasteiger partial charge in [0.1, 0.15) is 6.04 Å². The molecular weight excluding hydrogens is 468 g/mol. The fourth-order valence-corrected chi connectivity index (χ4v) is 5.40. The molecule has 0 spiro atoms. The number of fused-ring (bicyclic) bond motifs is 1. The molecule has 0 aliphatic rings. The molecule has 7 nitrogen and oxygen atoms in total. The van der Waals surface area contributed by atoms with Crippen LogP contribution in [0.1, 0.15) is 53.3 Å². The summed E-state index contributed by atoms with van der Waals surface area (Å²) in [6.45, 7) is 7.54. The number of hydrogen-bond acceptors (Lipinski definition) is 6. The maximum Gasteiger partial charge on any atom is 0.253 e. The van der Waals surface area contributed by atoms with E-state index in [4.69, 9.17) is 0 Å². The summed E-state index contributed by atoms with van der Waals surface area (Å²) in [7, 11) is 0. The molecule has 3 aromatic heterocycles. The SMILES string of the molecule is Cc1cccc2cc([C@H](c3nnnn3C(C)C)N(CCc3ccccc3)Cc3cccs3)c(=O)[nH]c12. The smallest absolute Gasteiger partial charge is 0.253 e. The molecule has 36 heavy (non-hydrogen) atoms. The van der Waals surface area contributed by atoms with Gasteiger partial charge >= 0.3 is 0 Å². The van der Waals surface area contributed by atoms with E-state index in [1.165, 1.54) is 10.4 Å². The monoisotopic (exact) mass is 498 g/mol. The fourth-order valence-electron chi connectivity index (χ4n) is 4.67. The minimum absolute atomic E-state index is 0.0528. The van der Waals surface area contributed by atoms with Crippen LogP contribution in [0.25, 0.3) is 10.9 Å². The van der Waals surface area contributed by atoms with Crippen molar-refractivity contribution in [3.05, 3.63) is 110 Å². The number of benzene rings is 2. The van der Waals surface area contributed by atoms with E-state index in [2.05, 4.69) is 81.0 Å². The van der Waals surface area contributed by atoms with Crippen molar-refractivity contribution in [2.75, 3.05) is 6.54 Å². The number of para-hydroxylation sites is 1. The van der Waals surface area contributed by atoms with Gasteiger partial charge in [0.25, 0.3) is 5.56 Å². The van der Waals surface area contributed by atoms with Gasteiger partial charge in [-0.1, -0.05) is 54.6 Å². The van der Waals surface area contributed by atoms with Crippen LogP contribution in [-0.2, 0) is 13.0 Å². The third kappa shape index (κ3) is 5.01. The second-order valence-electron chi connectivity index (χ2n) is 9.36. The average Bonchev–Trinajstić information content (AvgIpc) is 3.57. The Balaban J connectivity index is 1.66. The normalized spacial score (nSPS) is 12.6. The number of hydrogen-bond donors (Lipinski definition) is 1. The van der Waals surface area contributed by atoms with Crippen LogP contribution in [0.3, 0.4) is 0 Å². The van der Waals surface area contributed by atoms with Crippen molar-refractivity contribution in [3.63, 3.8) is 0 Å². The van der Waals surface area contributed by atoms with Crippen molar-refractivity contribution < 1.29 is 0 Å². The molecule has 0 aliphatic carbocycles. The molecule has 1 atom stereocenters. The van der Waals surface area contributed by atoms with Crippen molar-refractivity contribution in [2.45, 2.75) is 45.8 Å². The molecule has 0 radical (unpaired) electrons. The topological polar surface area (TPSA) is 79.7 Å². The number of aromatic amines is 1. The number of nitrogens with zero attached hydrogens (tertiary/aromatic N) is 5. The predicted molar refractivity (Wildman–Crippen MR) is 144 cm³/mol. The van der Waals surface area contributed by atoms with Crippen LogP contribution in [0, 0.1) is 6.92 Å². The van der Waals surface area contributed by atoms with Gasteiger partial charge < -0.3 is 4.98 Å². The zero-order valence-corrected chi connectivity index (χ0v) is 21.6. The lowest BCUT2D eigenvalue weighted by Gasteiger charge is -2.31. The van der Waals surface area contributed by atoms with Gasteiger partial charge in [-0.15, -0.1) is 16.4 Å². The van der Waals surface area contributed by atoms with Gasteiger partial charge in [0.05, 0.1) is 11.6 Å². The number of pyridine rings is 1. The number of aryl methyl sites for hydroxylation is 1. The summed E-state index contributed by atoms with van der Waals surface area (Å²) in [6, 6.07) is 22.4. The van der Waals surface area contributed by atoms with E-state index < -0.39 is 6.04 Å². The zero-order valence-electron chi connectivity index (χ0n) is 20.8. The number of thiophene rings is 1. The van der Waals surface area contributed by atoms with E-state index >= 15 is 0 Å². The quantitative estimate of drug-likeness (QED) is 0.298. The molecule has 0 amide bonds. The van der Waals surface area contributed by atoms with Crippen molar-refractivity contribution >= 4 is 22.2 Å².